The fraction of sp³-hybridized carbons (Fsp3) is 0.211. The summed E-state index contributed by atoms with van der Waals surface area (Å²) in [5.41, 5.74) is 4.00. The van der Waals surface area contributed by atoms with E-state index in [-0.39, 0.29) is 5.88 Å². The largest absolute Gasteiger partial charge is 0.497 e. The Morgan fingerprint density at radius 1 is 1.22 bits per heavy atom. The Hall–Kier alpha value is -2.75. The van der Waals surface area contributed by atoms with E-state index in [4.69, 9.17) is 4.74 Å². The summed E-state index contributed by atoms with van der Waals surface area (Å²) in [5.74, 6) is 1.02. The number of benzene rings is 2. The molecule has 0 aliphatic carbocycles. The highest BCUT2D eigenvalue weighted by Gasteiger charge is 2.08. The summed E-state index contributed by atoms with van der Waals surface area (Å²) in [6.07, 6.45) is 2.57. The molecule has 2 aromatic carbocycles. The molecule has 0 radical (unpaired) electrons. The van der Waals surface area contributed by atoms with E-state index < -0.39 is 0 Å². The molecular weight excluding hydrogens is 288 g/mol. The second-order valence-electron chi connectivity index (χ2n) is 5.57. The smallest absolute Gasteiger partial charge is 0.198 e. The monoisotopic (exact) mass is 308 g/mol. The number of methoxy groups -OCH3 is 1. The predicted molar refractivity (Wildman–Crippen MR) is 93.9 cm³/mol. The molecule has 1 aromatic heterocycles. The number of fused-ring (bicyclic) bond motifs is 1. The van der Waals surface area contributed by atoms with Crippen molar-refractivity contribution >= 4 is 17.1 Å². The zero-order valence-corrected chi connectivity index (χ0v) is 13.3. The molecule has 23 heavy (non-hydrogen) atoms. The minimum absolute atomic E-state index is 0.163. The highest BCUT2D eigenvalue weighted by Crippen LogP contribution is 2.26. The number of aliphatic imine (C=N–C) groups is 1. The summed E-state index contributed by atoms with van der Waals surface area (Å²) in [4.78, 5) is 7.44. The number of aromatic amines is 1. The van der Waals surface area contributed by atoms with Gasteiger partial charge in [0.15, 0.2) is 5.88 Å². The first-order chi connectivity index (χ1) is 11.2. The van der Waals surface area contributed by atoms with Gasteiger partial charge >= 0.3 is 0 Å². The summed E-state index contributed by atoms with van der Waals surface area (Å²) in [6, 6.07) is 14.0. The fourth-order valence-corrected chi connectivity index (χ4v) is 2.62. The average molecular weight is 308 g/mol. The van der Waals surface area contributed by atoms with Crippen molar-refractivity contribution in [2.45, 2.75) is 13.3 Å². The van der Waals surface area contributed by atoms with Gasteiger partial charge in [0, 0.05) is 23.7 Å². The molecular formula is C19H20N2O2. The van der Waals surface area contributed by atoms with Crippen LogP contribution in [-0.2, 0) is 6.42 Å². The van der Waals surface area contributed by atoms with E-state index in [1.165, 1.54) is 5.56 Å². The third-order valence-corrected chi connectivity index (χ3v) is 3.86. The highest BCUT2D eigenvalue weighted by atomic mass is 16.5. The van der Waals surface area contributed by atoms with Crippen molar-refractivity contribution in [2.24, 2.45) is 4.99 Å². The van der Waals surface area contributed by atoms with Crippen molar-refractivity contribution in [1.82, 2.24) is 4.98 Å². The second-order valence-corrected chi connectivity index (χ2v) is 5.57. The van der Waals surface area contributed by atoms with Gasteiger partial charge in [0.25, 0.3) is 0 Å². The SMILES string of the molecule is COc1cccc(CCN=Cc2c(O)[nH]c3ccc(C)cc23)c1. The van der Waals surface area contributed by atoms with Crippen molar-refractivity contribution < 1.29 is 9.84 Å². The Bertz CT molecular complexity index is 850. The predicted octanol–water partition coefficient (Wildman–Crippen LogP) is 3.85. The Morgan fingerprint density at radius 2 is 2.09 bits per heavy atom. The quantitative estimate of drug-likeness (QED) is 0.703. The van der Waals surface area contributed by atoms with Crippen LogP contribution in [0, 0.1) is 6.92 Å². The summed E-state index contributed by atoms with van der Waals surface area (Å²) < 4.78 is 5.22. The number of hydrogen-bond acceptors (Lipinski definition) is 3. The van der Waals surface area contributed by atoms with Gasteiger partial charge < -0.3 is 14.8 Å². The Labute approximate surface area is 135 Å². The van der Waals surface area contributed by atoms with Gasteiger partial charge in [-0.05, 0) is 43.2 Å². The average Bonchev–Trinajstić information content (AvgIpc) is 2.87. The lowest BCUT2D eigenvalue weighted by Crippen LogP contribution is -1.92. The van der Waals surface area contributed by atoms with Crippen LogP contribution in [0.25, 0.3) is 10.9 Å². The topological polar surface area (TPSA) is 57.6 Å². The van der Waals surface area contributed by atoms with Gasteiger partial charge in [-0.25, -0.2) is 0 Å². The number of ether oxygens (including phenoxy) is 1. The van der Waals surface area contributed by atoms with E-state index in [1.54, 1.807) is 13.3 Å². The van der Waals surface area contributed by atoms with E-state index in [9.17, 15) is 5.11 Å². The van der Waals surface area contributed by atoms with Gasteiger partial charge in [-0.2, -0.15) is 0 Å². The van der Waals surface area contributed by atoms with E-state index in [0.29, 0.717) is 6.54 Å². The van der Waals surface area contributed by atoms with Crippen LogP contribution >= 0.6 is 0 Å². The standard InChI is InChI=1S/C19H20N2O2/c1-13-6-7-18-16(10-13)17(19(22)21-18)12-20-9-8-14-4-3-5-15(11-14)23-2/h3-7,10-12,21-22H,8-9H2,1-2H3. The molecule has 3 aromatic rings. The number of H-pyrrole nitrogens is 1. The van der Waals surface area contributed by atoms with Gasteiger partial charge in [-0.1, -0.05) is 23.8 Å². The molecule has 0 atom stereocenters. The molecule has 1 heterocycles. The number of aryl methyl sites for hydroxylation is 1. The maximum absolute atomic E-state index is 10.0. The molecule has 0 bridgehead atoms. The van der Waals surface area contributed by atoms with Crippen LogP contribution in [0.2, 0.25) is 0 Å². The molecule has 0 fully saturated rings. The summed E-state index contributed by atoms with van der Waals surface area (Å²) >= 11 is 0. The molecule has 4 nitrogen and oxygen atoms in total. The lowest BCUT2D eigenvalue weighted by atomic mass is 10.1. The molecule has 3 rings (SSSR count). The first-order valence-corrected chi connectivity index (χ1v) is 7.61. The number of hydrogen-bond donors (Lipinski definition) is 2. The van der Waals surface area contributed by atoms with Crippen LogP contribution < -0.4 is 4.74 Å². The highest BCUT2D eigenvalue weighted by molar-refractivity contribution is 6.02. The summed E-state index contributed by atoms with van der Waals surface area (Å²) in [7, 11) is 1.67. The fourth-order valence-electron chi connectivity index (χ4n) is 2.62. The van der Waals surface area contributed by atoms with Gasteiger partial charge in [0.1, 0.15) is 5.75 Å². The van der Waals surface area contributed by atoms with E-state index in [2.05, 4.69) is 22.1 Å². The molecule has 0 aliphatic rings. The lowest BCUT2D eigenvalue weighted by molar-refractivity contribution is 0.414. The number of nitrogens with zero attached hydrogens (tertiary/aromatic N) is 1. The normalized spacial score (nSPS) is 11.4. The third-order valence-electron chi connectivity index (χ3n) is 3.86. The van der Waals surface area contributed by atoms with Gasteiger partial charge in [0.2, 0.25) is 0 Å². The molecule has 0 unspecified atom stereocenters. The zero-order valence-electron chi connectivity index (χ0n) is 13.3. The first-order valence-electron chi connectivity index (χ1n) is 7.61. The van der Waals surface area contributed by atoms with Crippen LogP contribution in [0.3, 0.4) is 0 Å². The van der Waals surface area contributed by atoms with Crippen LogP contribution in [0.5, 0.6) is 11.6 Å². The van der Waals surface area contributed by atoms with Crippen molar-refractivity contribution in [3.05, 3.63) is 59.2 Å². The van der Waals surface area contributed by atoms with Crippen molar-refractivity contribution in [2.75, 3.05) is 13.7 Å². The molecule has 0 aliphatic heterocycles. The van der Waals surface area contributed by atoms with Crippen LogP contribution in [-0.4, -0.2) is 30.0 Å². The Morgan fingerprint density at radius 3 is 2.91 bits per heavy atom. The zero-order chi connectivity index (χ0) is 16.2. The Balaban J connectivity index is 1.73. The number of aromatic nitrogens is 1. The third kappa shape index (κ3) is 3.37. The maximum atomic E-state index is 10.0. The van der Waals surface area contributed by atoms with E-state index in [0.717, 1.165) is 34.2 Å². The van der Waals surface area contributed by atoms with Crippen molar-refractivity contribution in [3.63, 3.8) is 0 Å². The molecule has 0 amide bonds. The Kier molecular flexibility index (Phi) is 4.33. The van der Waals surface area contributed by atoms with Crippen LogP contribution in [0.4, 0.5) is 0 Å². The number of aromatic hydroxyl groups is 1. The van der Waals surface area contributed by atoms with Crippen LogP contribution in [0.1, 0.15) is 16.7 Å². The number of rotatable bonds is 5. The minimum atomic E-state index is 0.163. The van der Waals surface area contributed by atoms with Crippen molar-refractivity contribution in [3.8, 4) is 11.6 Å². The van der Waals surface area contributed by atoms with Gasteiger partial charge in [-0.15, -0.1) is 0 Å². The molecule has 118 valence electrons. The molecule has 0 spiro atoms. The second kappa shape index (κ2) is 6.57. The van der Waals surface area contributed by atoms with Gasteiger partial charge in [0.05, 0.1) is 12.7 Å². The summed E-state index contributed by atoms with van der Waals surface area (Å²) in [5, 5.41) is 11.0. The molecule has 4 heteroatoms. The first kappa shape index (κ1) is 15.2. The van der Waals surface area contributed by atoms with Crippen LogP contribution in [0.15, 0.2) is 47.5 Å². The van der Waals surface area contributed by atoms with Crippen molar-refractivity contribution in [1.29, 1.82) is 0 Å². The van der Waals surface area contributed by atoms with E-state index >= 15 is 0 Å². The number of nitrogens with one attached hydrogen (secondary N) is 1. The minimum Gasteiger partial charge on any atom is -0.497 e. The molecule has 0 saturated heterocycles. The lowest BCUT2D eigenvalue weighted by Gasteiger charge is -2.02. The molecule has 0 saturated carbocycles. The molecule has 2 N–H and O–H groups in total. The summed E-state index contributed by atoms with van der Waals surface area (Å²) in [6.45, 7) is 2.69. The maximum Gasteiger partial charge on any atom is 0.198 e. The van der Waals surface area contributed by atoms with E-state index in [1.807, 2.05) is 37.3 Å². The van der Waals surface area contributed by atoms with Gasteiger partial charge in [-0.3, -0.25) is 4.99 Å².